The van der Waals surface area contributed by atoms with Crippen molar-refractivity contribution in [3.05, 3.63) is 95.1 Å². The number of quaternary nitrogens is 2. The summed E-state index contributed by atoms with van der Waals surface area (Å²) in [6, 6.07) is 26.6. The van der Waals surface area contributed by atoms with Crippen molar-refractivity contribution < 1.29 is 18.4 Å². The Balaban J connectivity index is 1.47. The van der Waals surface area contributed by atoms with Gasteiger partial charge in [-0.3, -0.25) is 0 Å². The van der Waals surface area contributed by atoms with Crippen LogP contribution in [0.25, 0.3) is 0 Å². The minimum Gasteiger partial charge on any atom is -0.488 e. The van der Waals surface area contributed by atoms with Crippen LogP contribution in [0.1, 0.15) is 104 Å². The average Bonchev–Trinajstić information content (AvgIpc) is 2.90. The molecule has 0 N–H and O–H groups in total. The molecular formula is C44H70N2O2+2. The molecule has 0 fully saturated rings. The molecule has 0 amide bonds. The van der Waals surface area contributed by atoms with E-state index in [-0.39, 0.29) is 10.8 Å². The number of likely N-dealkylation sites (N-methyl/N-ethyl adjacent to an activating group) is 2. The summed E-state index contributed by atoms with van der Waals surface area (Å²) in [7, 11) is 9.18. The van der Waals surface area contributed by atoms with E-state index in [1.165, 1.54) is 22.3 Å². The molecule has 0 bridgehead atoms. The molecular weight excluding hydrogens is 588 g/mol. The Labute approximate surface area is 295 Å². The van der Waals surface area contributed by atoms with Crippen LogP contribution in [0.3, 0.4) is 0 Å². The first kappa shape index (κ1) is 39.6. The predicted octanol–water partition coefficient (Wildman–Crippen LogP) is 10.4. The van der Waals surface area contributed by atoms with E-state index in [0.29, 0.717) is 24.0 Å². The standard InChI is InChI=1S/C44H70N2O2/c1-41(2,3)33-43(7,8)37-18-22-39(23-19-37)47-28-26-45(11,12)31-35-16-15-17-36(30-35)32-46(13,14)27-29-48-40-24-20-38(21-25-40)44(9,10)34-42(4,5)6/h15-25,30H,26-29,31-34H2,1-14H3/q+2. The molecule has 4 heteroatoms. The number of ether oxygens (including phenoxy) is 2. The Hall–Kier alpha value is -2.82. The molecule has 3 aromatic carbocycles. The summed E-state index contributed by atoms with van der Waals surface area (Å²) in [4.78, 5) is 0. The van der Waals surface area contributed by atoms with Crippen molar-refractivity contribution in [1.82, 2.24) is 0 Å². The second kappa shape index (κ2) is 15.4. The molecule has 266 valence electrons. The maximum Gasteiger partial charge on any atom is 0.137 e. The van der Waals surface area contributed by atoms with Crippen molar-refractivity contribution in [2.24, 2.45) is 10.8 Å². The summed E-state index contributed by atoms with van der Waals surface area (Å²) in [6.07, 6.45) is 2.29. The zero-order valence-corrected chi connectivity index (χ0v) is 33.3. The third-order valence-electron chi connectivity index (χ3n) is 9.36. The molecule has 0 aliphatic heterocycles. The lowest BCUT2D eigenvalue weighted by Gasteiger charge is -2.33. The second-order valence-corrected chi connectivity index (χ2v) is 19.4. The molecule has 0 unspecified atom stereocenters. The maximum absolute atomic E-state index is 6.22. The number of rotatable bonds is 16. The Bertz CT molecular complexity index is 1310. The first-order chi connectivity index (χ1) is 21.9. The van der Waals surface area contributed by atoms with Crippen molar-refractivity contribution >= 4 is 0 Å². The van der Waals surface area contributed by atoms with Crippen molar-refractivity contribution in [1.29, 1.82) is 0 Å². The zero-order chi connectivity index (χ0) is 36.0. The molecule has 0 saturated carbocycles. The lowest BCUT2D eigenvalue weighted by Crippen LogP contribution is -2.42. The summed E-state index contributed by atoms with van der Waals surface area (Å²) in [5.74, 6) is 1.90. The molecule has 0 saturated heterocycles. The molecule has 0 aromatic heterocycles. The smallest absolute Gasteiger partial charge is 0.137 e. The van der Waals surface area contributed by atoms with E-state index in [1.807, 2.05) is 0 Å². The van der Waals surface area contributed by atoms with Crippen LogP contribution in [0.4, 0.5) is 0 Å². The van der Waals surface area contributed by atoms with E-state index in [1.54, 1.807) is 0 Å². The molecule has 3 rings (SSSR count). The normalized spacial score (nSPS) is 13.5. The van der Waals surface area contributed by atoms with Gasteiger partial charge in [0.15, 0.2) is 0 Å². The van der Waals surface area contributed by atoms with Crippen LogP contribution in [-0.2, 0) is 23.9 Å². The highest BCUT2D eigenvalue weighted by atomic mass is 16.5. The van der Waals surface area contributed by atoms with Gasteiger partial charge in [-0.25, -0.2) is 0 Å². The molecule has 4 nitrogen and oxygen atoms in total. The van der Waals surface area contributed by atoms with Crippen molar-refractivity contribution in [3.63, 3.8) is 0 Å². The molecule has 48 heavy (non-hydrogen) atoms. The highest BCUT2D eigenvalue weighted by Crippen LogP contribution is 2.38. The van der Waals surface area contributed by atoms with Gasteiger partial charge in [-0.15, -0.1) is 0 Å². The molecule has 0 radical (unpaired) electrons. The lowest BCUT2D eigenvalue weighted by molar-refractivity contribution is -0.904. The maximum atomic E-state index is 6.22. The summed E-state index contributed by atoms with van der Waals surface area (Å²) < 4.78 is 14.2. The Morgan fingerprint density at radius 2 is 0.812 bits per heavy atom. The first-order valence-electron chi connectivity index (χ1n) is 18.1. The highest BCUT2D eigenvalue weighted by molar-refractivity contribution is 5.33. The van der Waals surface area contributed by atoms with Crippen LogP contribution in [0, 0.1) is 10.8 Å². The predicted molar refractivity (Wildman–Crippen MR) is 206 cm³/mol. The minimum atomic E-state index is 0.141. The van der Waals surface area contributed by atoms with E-state index in [9.17, 15) is 0 Å². The van der Waals surface area contributed by atoms with Gasteiger partial charge in [0.2, 0.25) is 0 Å². The fourth-order valence-corrected chi connectivity index (χ4v) is 7.65. The minimum absolute atomic E-state index is 0.141. The highest BCUT2D eigenvalue weighted by Gasteiger charge is 2.28. The molecule has 0 spiro atoms. The van der Waals surface area contributed by atoms with E-state index >= 15 is 0 Å². The van der Waals surface area contributed by atoms with Gasteiger partial charge < -0.3 is 18.4 Å². The number of nitrogens with zero attached hydrogens (tertiary/aromatic N) is 2. The zero-order valence-electron chi connectivity index (χ0n) is 33.3. The van der Waals surface area contributed by atoms with E-state index in [2.05, 4.69) is 170 Å². The Morgan fingerprint density at radius 3 is 1.12 bits per heavy atom. The summed E-state index contributed by atoms with van der Waals surface area (Å²) in [6.45, 7) is 28.5. The van der Waals surface area contributed by atoms with Gasteiger partial charge in [-0.2, -0.15) is 0 Å². The van der Waals surface area contributed by atoms with Crippen molar-refractivity contribution in [2.75, 3.05) is 54.5 Å². The summed E-state index contributed by atoms with van der Waals surface area (Å²) in [5, 5.41) is 0. The van der Waals surface area contributed by atoms with Gasteiger partial charge in [0.05, 0.1) is 28.2 Å². The molecule has 0 aliphatic rings. The molecule has 0 atom stereocenters. The molecule has 0 aliphatic carbocycles. The second-order valence-electron chi connectivity index (χ2n) is 19.4. The van der Waals surface area contributed by atoms with E-state index < -0.39 is 0 Å². The largest absolute Gasteiger partial charge is 0.488 e. The van der Waals surface area contributed by atoms with E-state index in [0.717, 1.165) is 59.5 Å². The summed E-state index contributed by atoms with van der Waals surface area (Å²) >= 11 is 0. The van der Waals surface area contributed by atoms with Crippen molar-refractivity contribution in [3.8, 4) is 11.5 Å². The van der Waals surface area contributed by atoms with E-state index in [4.69, 9.17) is 9.47 Å². The first-order valence-corrected chi connectivity index (χ1v) is 18.1. The van der Waals surface area contributed by atoms with Crippen molar-refractivity contribution in [2.45, 2.75) is 106 Å². The number of benzene rings is 3. The van der Waals surface area contributed by atoms with Crippen LogP contribution < -0.4 is 9.47 Å². The lowest BCUT2D eigenvalue weighted by atomic mass is 9.72. The molecule has 3 aromatic rings. The quantitative estimate of drug-likeness (QED) is 0.143. The van der Waals surface area contributed by atoms with Crippen LogP contribution >= 0.6 is 0 Å². The Kier molecular flexibility index (Phi) is 12.7. The SMILES string of the molecule is CC(C)(C)CC(C)(C)c1ccc(OCC[N+](C)(C)Cc2cccc(C[N+](C)(C)CCOc3ccc(C(C)(C)CC(C)(C)C)cc3)c2)cc1. The van der Waals surface area contributed by atoms with Gasteiger partial charge in [0, 0.05) is 11.1 Å². The summed E-state index contributed by atoms with van der Waals surface area (Å²) in [5.41, 5.74) is 6.35. The number of hydrogen-bond donors (Lipinski definition) is 0. The van der Waals surface area contributed by atoms with Gasteiger partial charge in [-0.05, 0) is 76.0 Å². The van der Waals surface area contributed by atoms with Crippen LogP contribution in [0.2, 0.25) is 0 Å². The Morgan fingerprint density at radius 1 is 0.479 bits per heavy atom. The molecule has 0 heterocycles. The van der Waals surface area contributed by atoms with Gasteiger partial charge in [0.1, 0.15) is 50.9 Å². The monoisotopic (exact) mass is 659 g/mol. The van der Waals surface area contributed by atoms with Crippen LogP contribution in [-0.4, -0.2) is 63.5 Å². The third-order valence-corrected chi connectivity index (χ3v) is 9.36. The van der Waals surface area contributed by atoms with Gasteiger partial charge in [-0.1, -0.05) is 112 Å². The van der Waals surface area contributed by atoms with Crippen LogP contribution in [0.5, 0.6) is 11.5 Å². The fraction of sp³-hybridized carbons (Fsp3) is 0.591. The average molecular weight is 659 g/mol. The van der Waals surface area contributed by atoms with Gasteiger partial charge in [0.25, 0.3) is 0 Å². The number of hydrogen-bond acceptors (Lipinski definition) is 2. The fourth-order valence-electron chi connectivity index (χ4n) is 7.65. The third kappa shape index (κ3) is 13.6. The van der Waals surface area contributed by atoms with Gasteiger partial charge >= 0.3 is 0 Å². The topological polar surface area (TPSA) is 18.5 Å². The van der Waals surface area contributed by atoms with Crippen LogP contribution in [0.15, 0.2) is 72.8 Å².